The summed E-state index contributed by atoms with van der Waals surface area (Å²) in [6.07, 6.45) is 4.12. The molecule has 47 heavy (non-hydrogen) atoms. The van der Waals surface area contributed by atoms with Crippen molar-refractivity contribution in [3.63, 3.8) is 0 Å². The van der Waals surface area contributed by atoms with E-state index in [1.165, 1.54) is 33.4 Å². The highest BCUT2D eigenvalue weighted by atomic mass is 16.5. The Labute approximate surface area is 284 Å². The first-order chi connectivity index (χ1) is 22.3. The van der Waals surface area contributed by atoms with Crippen LogP contribution in [0.3, 0.4) is 0 Å². The van der Waals surface area contributed by atoms with E-state index in [0.29, 0.717) is 0 Å². The number of ether oxygens (including phenoxy) is 2. The fourth-order valence-electron chi connectivity index (χ4n) is 6.80. The van der Waals surface area contributed by atoms with Gasteiger partial charge in [0.05, 0.1) is 14.2 Å². The van der Waals surface area contributed by atoms with Gasteiger partial charge in [-0.1, -0.05) is 135 Å². The minimum absolute atomic E-state index is 0.0485. The molecule has 1 atom stereocenters. The molecule has 4 aromatic carbocycles. The highest BCUT2D eigenvalue weighted by Gasteiger charge is 2.35. The summed E-state index contributed by atoms with van der Waals surface area (Å²) in [5.41, 5.74) is 13.2. The molecule has 0 aromatic heterocycles. The molecule has 0 saturated carbocycles. The van der Waals surface area contributed by atoms with Crippen molar-refractivity contribution < 1.29 is 14.3 Å². The molecule has 2 aliphatic rings. The largest absolute Gasteiger partial charge is 0.496 e. The standard InChI is InChI=1S/C21H24O2.C21H24O.C2H6/c1-13-11-15-16(19(13)22)12-17(21(2,3)4)20(23-5)18(15)14-9-7-6-8-10-14;1-14-11-16-13-18(21(2,3)4)20(22-5)19(17(16)12-14)15-9-7-6-8-10-15;1-2/h6-10,12-13H,11H2,1-5H3;6-11,13H,12H2,1-5H3;1-2H3. The summed E-state index contributed by atoms with van der Waals surface area (Å²) in [7, 11) is 3.52. The number of fused-ring (bicyclic) bond motifs is 2. The normalized spacial score (nSPS) is 15.0. The molecule has 6 rings (SSSR count). The van der Waals surface area contributed by atoms with Crippen molar-refractivity contribution in [2.45, 2.75) is 92.9 Å². The molecule has 0 bridgehead atoms. The van der Waals surface area contributed by atoms with Gasteiger partial charge >= 0.3 is 0 Å². The molecule has 0 spiro atoms. The Bertz CT molecular complexity index is 1750. The number of allylic oxidation sites excluding steroid dienone is 1. The molecule has 0 fully saturated rings. The minimum Gasteiger partial charge on any atom is -0.496 e. The average Bonchev–Trinajstić information content (AvgIpc) is 3.57. The smallest absolute Gasteiger partial charge is 0.166 e. The lowest BCUT2D eigenvalue weighted by Crippen LogP contribution is -2.15. The van der Waals surface area contributed by atoms with Gasteiger partial charge in [0, 0.05) is 33.7 Å². The van der Waals surface area contributed by atoms with Crippen LogP contribution in [0.2, 0.25) is 0 Å². The van der Waals surface area contributed by atoms with Crippen LogP contribution >= 0.6 is 0 Å². The van der Waals surface area contributed by atoms with E-state index >= 15 is 0 Å². The van der Waals surface area contributed by atoms with Gasteiger partial charge in [-0.25, -0.2) is 0 Å². The summed E-state index contributed by atoms with van der Waals surface area (Å²) < 4.78 is 11.7. The van der Waals surface area contributed by atoms with Crippen LogP contribution in [0.4, 0.5) is 0 Å². The maximum Gasteiger partial charge on any atom is 0.166 e. The summed E-state index contributed by atoms with van der Waals surface area (Å²) in [5.74, 6) is 2.24. The molecule has 3 heteroatoms. The first kappa shape index (κ1) is 35.7. The zero-order valence-electron chi connectivity index (χ0n) is 30.7. The van der Waals surface area contributed by atoms with Crippen LogP contribution in [0.5, 0.6) is 11.5 Å². The minimum atomic E-state index is -0.0873. The third-order valence-corrected chi connectivity index (χ3v) is 9.04. The summed E-state index contributed by atoms with van der Waals surface area (Å²) in [4.78, 5) is 12.6. The predicted molar refractivity (Wildman–Crippen MR) is 200 cm³/mol. The van der Waals surface area contributed by atoms with E-state index in [2.05, 4.69) is 109 Å². The van der Waals surface area contributed by atoms with Crippen LogP contribution in [0, 0.1) is 5.92 Å². The van der Waals surface area contributed by atoms with E-state index in [1.807, 2.05) is 39.0 Å². The van der Waals surface area contributed by atoms with E-state index in [1.54, 1.807) is 14.2 Å². The molecule has 1 unspecified atom stereocenters. The lowest BCUT2D eigenvalue weighted by Gasteiger charge is -2.26. The first-order valence-electron chi connectivity index (χ1n) is 17.1. The van der Waals surface area contributed by atoms with Crippen molar-refractivity contribution in [3.05, 3.63) is 112 Å². The highest BCUT2D eigenvalue weighted by Crippen LogP contribution is 2.47. The number of carbonyl (C=O) groups is 1. The Balaban J connectivity index is 0.000000202. The zero-order chi connectivity index (χ0) is 34.7. The van der Waals surface area contributed by atoms with Gasteiger partial charge in [0.25, 0.3) is 0 Å². The second-order valence-corrected chi connectivity index (χ2v) is 14.6. The third kappa shape index (κ3) is 7.25. The highest BCUT2D eigenvalue weighted by molar-refractivity contribution is 6.05. The van der Waals surface area contributed by atoms with Gasteiger partial charge in [-0.3, -0.25) is 4.79 Å². The van der Waals surface area contributed by atoms with Gasteiger partial charge in [-0.2, -0.15) is 0 Å². The molecular weight excluding hydrogens is 576 g/mol. The number of carbonyl (C=O) groups excluding carboxylic acids is 1. The topological polar surface area (TPSA) is 35.5 Å². The second-order valence-electron chi connectivity index (χ2n) is 14.6. The van der Waals surface area contributed by atoms with Gasteiger partial charge in [0.2, 0.25) is 0 Å². The van der Waals surface area contributed by atoms with Crippen molar-refractivity contribution in [3.8, 4) is 33.8 Å². The Morgan fingerprint density at radius 1 is 0.681 bits per heavy atom. The quantitative estimate of drug-likeness (QED) is 0.225. The Morgan fingerprint density at radius 3 is 1.57 bits per heavy atom. The van der Waals surface area contributed by atoms with E-state index in [9.17, 15) is 4.79 Å². The number of ketones is 1. The number of benzene rings is 4. The van der Waals surface area contributed by atoms with Crippen LogP contribution in [0.25, 0.3) is 28.3 Å². The number of hydrogen-bond acceptors (Lipinski definition) is 3. The van der Waals surface area contributed by atoms with E-state index in [0.717, 1.165) is 52.2 Å². The molecule has 4 aromatic rings. The third-order valence-electron chi connectivity index (χ3n) is 9.04. The number of methoxy groups -OCH3 is 2. The van der Waals surface area contributed by atoms with E-state index in [4.69, 9.17) is 9.47 Å². The van der Waals surface area contributed by atoms with E-state index < -0.39 is 0 Å². The lowest BCUT2D eigenvalue weighted by atomic mass is 9.81. The van der Waals surface area contributed by atoms with Gasteiger partial charge in [0.1, 0.15) is 11.5 Å². The van der Waals surface area contributed by atoms with Crippen molar-refractivity contribution in [2.75, 3.05) is 14.2 Å². The number of rotatable bonds is 4. The van der Waals surface area contributed by atoms with Crippen LogP contribution in [0.15, 0.2) is 78.4 Å². The Kier molecular flexibility index (Phi) is 10.9. The Morgan fingerprint density at radius 2 is 1.13 bits per heavy atom. The fraction of sp³-hybridized carbons (Fsp3) is 0.386. The lowest BCUT2D eigenvalue weighted by molar-refractivity contribution is 0.0946. The van der Waals surface area contributed by atoms with Gasteiger partial charge in [-0.05, 0) is 70.5 Å². The maximum atomic E-state index is 12.6. The molecule has 248 valence electrons. The van der Waals surface area contributed by atoms with Crippen molar-refractivity contribution in [1.29, 1.82) is 0 Å². The van der Waals surface area contributed by atoms with Crippen molar-refractivity contribution >= 4 is 11.9 Å². The number of Topliss-reactive ketones (excluding diaryl/α,β-unsaturated/α-hetero) is 1. The van der Waals surface area contributed by atoms with Gasteiger partial charge < -0.3 is 9.47 Å². The second kappa shape index (κ2) is 14.3. The monoisotopic (exact) mass is 630 g/mol. The first-order valence-corrected chi connectivity index (χ1v) is 17.1. The van der Waals surface area contributed by atoms with Crippen LogP contribution in [-0.2, 0) is 23.7 Å². The summed E-state index contributed by atoms with van der Waals surface area (Å²) >= 11 is 0. The molecule has 0 N–H and O–H groups in total. The predicted octanol–water partition coefficient (Wildman–Crippen LogP) is 11.7. The molecule has 3 nitrogen and oxygen atoms in total. The van der Waals surface area contributed by atoms with Crippen LogP contribution in [-0.4, -0.2) is 20.0 Å². The molecular formula is C44H54O3. The maximum absolute atomic E-state index is 12.6. The Hall–Kier alpha value is -4.11. The van der Waals surface area contributed by atoms with Crippen LogP contribution < -0.4 is 9.47 Å². The fourth-order valence-corrected chi connectivity index (χ4v) is 6.80. The summed E-state index contributed by atoms with van der Waals surface area (Å²) in [6.45, 7) is 21.4. The molecule has 0 amide bonds. The summed E-state index contributed by atoms with van der Waals surface area (Å²) in [6, 6.07) is 25.3. The molecule has 2 aliphatic carbocycles. The SMILES string of the molecule is CC.COc1c(C(C)(C)C)cc2c(c1-c1ccccc1)CC(C)=C2.COc1c(C(C)(C)C)cc2c(c1-c1ccccc1)CC(C)C2=O. The van der Waals surface area contributed by atoms with Gasteiger partial charge in [0.15, 0.2) is 5.78 Å². The van der Waals surface area contributed by atoms with E-state index in [-0.39, 0.29) is 22.5 Å². The zero-order valence-corrected chi connectivity index (χ0v) is 30.7. The molecule has 0 aliphatic heterocycles. The van der Waals surface area contributed by atoms with Crippen LogP contribution in [0.1, 0.15) is 107 Å². The van der Waals surface area contributed by atoms with Crippen molar-refractivity contribution in [2.24, 2.45) is 5.92 Å². The molecule has 0 radical (unpaired) electrons. The number of hydrogen-bond donors (Lipinski definition) is 0. The summed E-state index contributed by atoms with van der Waals surface area (Å²) in [5, 5.41) is 0. The average molecular weight is 631 g/mol. The van der Waals surface area contributed by atoms with Crippen molar-refractivity contribution in [1.82, 2.24) is 0 Å². The molecule has 0 heterocycles. The van der Waals surface area contributed by atoms with Gasteiger partial charge in [-0.15, -0.1) is 0 Å². The molecule has 0 saturated heterocycles.